The van der Waals surface area contributed by atoms with Crippen LogP contribution in [0.4, 0.5) is 0 Å². The number of aryl methyl sites for hydroxylation is 2. The van der Waals surface area contributed by atoms with E-state index in [2.05, 4.69) is 0 Å². The first-order valence-corrected chi connectivity index (χ1v) is 10.5. The maximum absolute atomic E-state index is 13.1. The lowest BCUT2D eigenvalue weighted by Gasteiger charge is -2.18. The highest BCUT2D eigenvalue weighted by atomic mass is 16.5. The Balaban J connectivity index is 2.34. The van der Waals surface area contributed by atoms with Crippen LogP contribution in [0.25, 0.3) is 21.5 Å². The second-order valence-electron chi connectivity index (χ2n) is 8.76. The van der Waals surface area contributed by atoms with Gasteiger partial charge in [-0.1, -0.05) is 64.1 Å². The first-order valence-electron chi connectivity index (χ1n) is 10.5. The van der Waals surface area contributed by atoms with E-state index in [0.717, 1.165) is 21.9 Å². The Labute approximate surface area is 178 Å². The van der Waals surface area contributed by atoms with Gasteiger partial charge in [0, 0.05) is 0 Å². The van der Waals surface area contributed by atoms with Gasteiger partial charge in [-0.15, -0.1) is 0 Å². The molecule has 0 atom stereocenters. The maximum Gasteiger partial charge on any atom is 0.339 e. The summed E-state index contributed by atoms with van der Waals surface area (Å²) in [4.78, 5) is 26.3. The summed E-state index contributed by atoms with van der Waals surface area (Å²) in [6, 6.07) is 11.4. The number of ether oxygens (including phenoxy) is 2. The highest BCUT2D eigenvalue weighted by Gasteiger charge is 2.24. The van der Waals surface area contributed by atoms with Gasteiger partial charge in [-0.25, -0.2) is 9.59 Å². The van der Waals surface area contributed by atoms with Crippen molar-refractivity contribution < 1.29 is 19.1 Å². The molecule has 0 aromatic heterocycles. The largest absolute Gasteiger partial charge is 0.462 e. The third kappa shape index (κ3) is 4.33. The number of carbonyl (C=O) groups excluding carboxylic acids is 2. The zero-order valence-electron chi connectivity index (χ0n) is 18.7. The number of fused-ring (bicyclic) bond motifs is 2. The fraction of sp³-hybridized carbons (Fsp3) is 0.385. The summed E-state index contributed by atoms with van der Waals surface area (Å²) in [7, 11) is 0. The number of benzene rings is 3. The van der Waals surface area contributed by atoms with Crippen molar-refractivity contribution in [3.63, 3.8) is 0 Å². The molecule has 0 fully saturated rings. The van der Waals surface area contributed by atoms with Crippen LogP contribution in [0.5, 0.6) is 0 Å². The van der Waals surface area contributed by atoms with Gasteiger partial charge in [0.2, 0.25) is 0 Å². The number of esters is 2. The van der Waals surface area contributed by atoms with Crippen molar-refractivity contribution in [1.82, 2.24) is 0 Å². The minimum absolute atomic E-state index is 0.237. The van der Waals surface area contributed by atoms with Gasteiger partial charge in [-0.2, -0.15) is 0 Å². The van der Waals surface area contributed by atoms with Crippen molar-refractivity contribution >= 4 is 33.5 Å². The summed E-state index contributed by atoms with van der Waals surface area (Å²) < 4.78 is 11.2. The number of hydrogen-bond donors (Lipinski definition) is 0. The van der Waals surface area contributed by atoms with Gasteiger partial charge in [0.15, 0.2) is 0 Å². The standard InChI is InChI=1S/C26H30O4/c1-15(2)13-29-25(27)23-19-9-7-8-10-20(19)24(26(28)30-14-16(3)4)22-12-18(6)17(5)11-21(22)23/h7-12,15-16H,13-14H2,1-6H3. The average Bonchev–Trinajstić information content (AvgIpc) is 2.69. The highest BCUT2D eigenvalue weighted by Crippen LogP contribution is 2.35. The van der Waals surface area contributed by atoms with Gasteiger partial charge in [-0.3, -0.25) is 0 Å². The van der Waals surface area contributed by atoms with Crippen molar-refractivity contribution in [2.45, 2.75) is 41.5 Å². The van der Waals surface area contributed by atoms with Crippen LogP contribution in [-0.4, -0.2) is 25.2 Å². The van der Waals surface area contributed by atoms with Crippen molar-refractivity contribution in [2.24, 2.45) is 11.8 Å². The zero-order chi connectivity index (χ0) is 22.0. The van der Waals surface area contributed by atoms with Crippen molar-refractivity contribution in [3.05, 3.63) is 58.7 Å². The van der Waals surface area contributed by atoms with Gasteiger partial charge < -0.3 is 9.47 Å². The van der Waals surface area contributed by atoms with Crippen LogP contribution in [-0.2, 0) is 9.47 Å². The van der Waals surface area contributed by atoms with Crippen LogP contribution in [0.1, 0.15) is 59.5 Å². The quantitative estimate of drug-likeness (QED) is 0.359. The summed E-state index contributed by atoms with van der Waals surface area (Å²) in [5.74, 6) is -0.257. The Kier molecular flexibility index (Phi) is 6.45. The van der Waals surface area contributed by atoms with E-state index < -0.39 is 0 Å². The Hall–Kier alpha value is -2.88. The lowest BCUT2D eigenvalue weighted by Crippen LogP contribution is -2.15. The molecule has 0 saturated carbocycles. The molecule has 0 bridgehead atoms. The molecule has 4 heteroatoms. The third-order valence-electron chi connectivity index (χ3n) is 5.14. The molecule has 0 radical (unpaired) electrons. The summed E-state index contributed by atoms with van der Waals surface area (Å²) in [5, 5.41) is 2.86. The van der Waals surface area contributed by atoms with Gasteiger partial charge in [0.25, 0.3) is 0 Å². The fourth-order valence-corrected chi connectivity index (χ4v) is 3.51. The first-order chi connectivity index (χ1) is 14.2. The number of carbonyl (C=O) groups is 2. The Morgan fingerprint density at radius 3 is 1.40 bits per heavy atom. The Bertz CT molecular complexity index is 1020. The van der Waals surface area contributed by atoms with E-state index >= 15 is 0 Å². The van der Waals surface area contributed by atoms with Crippen molar-refractivity contribution in [2.75, 3.05) is 13.2 Å². The summed E-state index contributed by atoms with van der Waals surface area (Å²) >= 11 is 0. The van der Waals surface area contributed by atoms with E-state index in [1.165, 1.54) is 0 Å². The predicted octanol–water partition coefficient (Wildman–Crippen LogP) is 6.24. The smallest absolute Gasteiger partial charge is 0.339 e. The van der Waals surface area contributed by atoms with Gasteiger partial charge in [-0.05, 0) is 58.4 Å². The predicted molar refractivity (Wildman–Crippen MR) is 121 cm³/mol. The van der Waals surface area contributed by atoms with Crippen LogP contribution >= 0.6 is 0 Å². The summed E-state index contributed by atoms with van der Waals surface area (Å²) in [5.41, 5.74) is 3.11. The van der Waals surface area contributed by atoms with Crippen molar-refractivity contribution in [3.8, 4) is 0 Å². The third-order valence-corrected chi connectivity index (χ3v) is 5.14. The SMILES string of the molecule is Cc1cc2c(C(=O)OCC(C)C)c3ccccc3c(C(=O)OCC(C)C)c2cc1C. The van der Waals surface area contributed by atoms with Crippen LogP contribution in [0.3, 0.4) is 0 Å². The van der Waals surface area contributed by atoms with E-state index in [0.29, 0.717) is 35.1 Å². The van der Waals surface area contributed by atoms with E-state index in [-0.39, 0.29) is 23.8 Å². The summed E-state index contributed by atoms with van der Waals surface area (Å²) in [6.07, 6.45) is 0. The first kappa shape index (κ1) is 21.8. The molecule has 0 unspecified atom stereocenters. The Morgan fingerprint density at radius 1 is 0.700 bits per heavy atom. The Morgan fingerprint density at radius 2 is 1.07 bits per heavy atom. The molecule has 0 heterocycles. The zero-order valence-corrected chi connectivity index (χ0v) is 18.7. The van der Waals surface area contributed by atoms with Crippen LogP contribution in [0.15, 0.2) is 36.4 Å². The van der Waals surface area contributed by atoms with E-state index in [1.807, 2.05) is 77.9 Å². The van der Waals surface area contributed by atoms with Crippen LogP contribution in [0, 0.1) is 25.7 Å². The van der Waals surface area contributed by atoms with E-state index in [9.17, 15) is 9.59 Å². The molecular formula is C26H30O4. The molecule has 0 saturated heterocycles. The molecule has 30 heavy (non-hydrogen) atoms. The minimum atomic E-state index is -0.366. The molecule has 158 valence electrons. The average molecular weight is 407 g/mol. The van der Waals surface area contributed by atoms with E-state index in [1.54, 1.807) is 0 Å². The van der Waals surface area contributed by atoms with Crippen molar-refractivity contribution in [1.29, 1.82) is 0 Å². The molecule has 0 aliphatic rings. The monoisotopic (exact) mass is 406 g/mol. The minimum Gasteiger partial charge on any atom is -0.462 e. The molecule has 3 aromatic rings. The second kappa shape index (κ2) is 8.86. The second-order valence-corrected chi connectivity index (χ2v) is 8.76. The van der Waals surface area contributed by atoms with Gasteiger partial charge in [0.1, 0.15) is 0 Å². The molecule has 0 spiro atoms. The lowest BCUT2D eigenvalue weighted by molar-refractivity contribution is 0.0452. The van der Waals surface area contributed by atoms with Gasteiger partial charge in [0.05, 0.1) is 24.3 Å². The summed E-state index contributed by atoms with van der Waals surface area (Å²) in [6.45, 7) is 12.7. The molecule has 3 aromatic carbocycles. The lowest BCUT2D eigenvalue weighted by atomic mass is 9.89. The highest BCUT2D eigenvalue weighted by molar-refractivity contribution is 6.24. The molecule has 0 N–H and O–H groups in total. The van der Waals surface area contributed by atoms with Crippen LogP contribution < -0.4 is 0 Å². The molecule has 0 aliphatic carbocycles. The normalized spacial score (nSPS) is 11.5. The fourth-order valence-electron chi connectivity index (χ4n) is 3.51. The molecule has 0 aliphatic heterocycles. The van der Waals surface area contributed by atoms with E-state index in [4.69, 9.17) is 9.47 Å². The molecule has 3 rings (SSSR count). The topological polar surface area (TPSA) is 52.6 Å². The maximum atomic E-state index is 13.1. The molecular weight excluding hydrogens is 376 g/mol. The molecule has 4 nitrogen and oxygen atoms in total. The number of hydrogen-bond acceptors (Lipinski definition) is 4. The van der Waals surface area contributed by atoms with Crippen LogP contribution in [0.2, 0.25) is 0 Å². The van der Waals surface area contributed by atoms with Gasteiger partial charge >= 0.3 is 11.9 Å². The number of rotatable bonds is 6. The molecule has 0 amide bonds.